The molecule has 0 aromatic heterocycles. The second-order valence-corrected chi connectivity index (χ2v) is 3.30. The predicted octanol–water partition coefficient (Wildman–Crippen LogP) is 2.36. The molecule has 14 heavy (non-hydrogen) atoms. The van der Waals surface area contributed by atoms with Crippen molar-refractivity contribution in [2.24, 2.45) is 0 Å². The fourth-order valence-electron chi connectivity index (χ4n) is 1.49. The number of rotatable bonds is 4. The monoisotopic (exact) mass is 194 g/mol. The summed E-state index contributed by atoms with van der Waals surface area (Å²) in [6, 6.07) is 6.78. The fourth-order valence-corrected chi connectivity index (χ4v) is 1.49. The Bertz CT molecular complexity index is 320. The molecular formula is C11H14O3. The lowest BCUT2D eigenvalue weighted by Crippen LogP contribution is -2.05. The molecule has 0 saturated heterocycles. The minimum absolute atomic E-state index is 0.0143. The number of carboxylic acid groups (broad SMARTS) is 1. The third kappa shape index (κ3) is 2.76. The lowest BCUT2D eigenvalue weighted by molar-refractivity contribution is -0.137. The highest BCUT2D eigenvalue weighted by Crippen LogP contribution is 2.25. The minimum Gasteiger partial charge on any atom is -0.508 e. The van der Waals surface area contributed by atoms with Gasteiger partial charge in [-0.15, -0.1) is 0 Å². The van der Waals surface area contributed by atoms with Crippen molar-refractivity contribution in [2.75, 3.05) is 0 Å². The quantitative estimate of drug-likeness (QED) is 0.773. The van der Waals surface area contributed by atoms with E-state index in [2.05, 4.69) is 0 Å². The smallest absolute Gasteiger partial charge is 0.303 e. The lowest BCUT2D eigenvalue weighted by atomic mass is 9.93. The van der Waals surface area contributed by atoms with Crippen LogP contribution in [0.1, 0.15) is 31.2 Å². The first-order chi connectivity index (χ1) is 6.63. The summed E-state index contributed by atoms with van der Waals surface area (Å²) in [7, 11) is 0. The average Bonchev–Trinajstić information content (AvgIpc) is 2.14. The summed E-state index contributed by atoms with van der Waals surface area (Å²) < 4.78 is 0. The van der Waals surface area contributed by atoms with Crippen LogP contribution in [-0.2, 0) is 4.79 Å². The van der Waals surface area contributed by atoms with Crippen LogP contribution in [0.2, 0.25) is 0 Å². The second-order valence-electron chi connectivity index (χ2n) is 3.30. The van der Waals surface area contributed by atoms with Crippen LogP contribution in [0.15, 0.2) is 24.3 Å². The average molecular weight is 194 g/mol. The topological polar surface area (TPSA) is 57.5 Å². The molecule has 0 fully saturated rings. The van der Waals surface area contributed by atoms with Gasteiger partial charge in [0, 0.05) is 0 Å². The van der Waals surface area contributed by atoms with Crippen molar-refractivity contribution < 1.29 is 15.0 Å². The first-order valence-electron chi connectivity index (χ1n) is 4.64. The van der Waals surface area contributed by atoms with Crippen LogP contribution in [-0.4, -0.2) is 16.2 Å². The third-order valence-corrected chi connectivity index (χ3v) is 2.26. The molecule has 0 bridgehead atoms. The molecule has 0 saturated carbocycles. The molecule has 0 spiro atoms. The Balaban J connectivity index is 2.83. The fraction of sp³-hybridized carbons (Fsp3) is 0.364. The molecule has 0 amide bonds. The van der Waals surface area contributed by atoms with Crippen molar-refractivity contribution >= 4 is 5.97 Å². The van der Waals surface area contributed by atoms with Gasteiger partial charge in [0.05, 0.1) is 6.42 Å². The molecule has 1 aromatic carbocycles. The van der Waals surface area contributed by atoms with E-state index in [0.717, 1.165) is 12.0 Å². The van der Waals surface area contributed by atoms with Crippen LogP contribution < -0.4 is 0 Å². The Hall–Kier alpha value is -1.51. The Morgan fingerprint density at radius 3 is 2.71 bits per heavy atom. The first-order valence-corrected chi connectivity index (χ1v) is 4.64. The van der Waals surface area contributed by atoms with E-state index in [-0.39, 0.29) is 18.1 Å². The molecule has 3 heteroatoms. The van der Waals surface area contributed by atoms with E-state index >= 15 is 0 Å². The molecule has 0 radical (unpaired) electrons. The van der Waals surface area contributed by atoms with Gasteiger partial charge in [0.15, 0.2) is 0 Å². The van der Waals surface area contributed by atoms with E-state index in [4.69, 9.17) is 5.11 Å². The number of phenolic OH excluding ortho intramolecular Hbond substituents is 1. The van der Waals surface area contributed by atoms with Crippen LogP contribution in [0, 0.1) is 0 Å². The molecule has 1 aromatic rings. The van der Waals surface area contributed by atoms with E-state index in [0.29, 0.717) is 0 Å². The van der Waals surface area contributed by atoms with Crippen LogP contribution in [0.4, 0.5) is 0 Å². The Morgan fingerprint density at radius 2 is 2.21 bits per heavy atom. The third-order valence-electron chi connectivity index (χ3n) is 2.26. The highest BCUT2D eigenvalue weighted by atomic mass is 16.4. The van der Waals surface area contributed by atoms with Gasteiger partial charge in [0.1, 0.15) is 5.75 Å². The zero-order valence-electron chi connectivity index (χ0n) is 8.10. The number of carbonyl (C=O) groups is 1. The summed E-state index contributed by atoms with van der Waals surface area (Å²) in [5.74, 6) is -0.633. The summed E-state index contributed by atoms with van der Waals surface area (Å²) in [6.45, 7) is 1.94. The standard InChI is InChI=1S/C11H14O3/c1-2-8(7-11(13)14)9-4-3-5-10(12)6-9/h3-6,8,12H,2,7H2,1H3,(H,13,14)/t8-/m0/s1. The number of aromatic hydroxyl groups is 1. The summed E-state index contributed by atoms with van der Waals surface area (Å²) in [4.78, 5) is 10.6. The van der Waals surface area contributed by atoms with E-state index in [1.54, 1.807) is 18.2 Å². The van der Waals surface area contributed by atoms with Gasteiger partial charge in [0.2, 0.25) is 0 Å². The SMILES string of the molecule is CC[C@@H](CC(=O)O)c1cccc(O)c1. The van der Waals surface area contributed by atoms with E-state index in [9.17, 15) is 9.90 Å². The normalized spacial score (nSPS) is 12.4. The number of benzene rings is 1. The summed E-state index contributed by atoms with van der Waals surface area (Å²) in [5, 5.41) is 17.9. The lowest BCUT2D eigenvalue weighted by Gasteiger charge is -2.12. The van der Waals surface area contributed by atoms with Crippen LogP contribution in [0.3, 0.4) is 0 Å². The number of aliphatic carboxylic acids is 1. The van der Waals surface area contributed by atoms with Gasteiger partial charge >= 0.3 is 5.97 Å². The van der Waals surface area contributed by atoms with Crippen molar-refractivity contribution in [1.29, 1.82) is 0 Å². The predicted molar refractivity (Wildman–Crippen MR) is 53.4 cm³/mol. The van der Waals surface area contributed by atoms with Crippen molar-refractivity contribution in [3.05, 3.63) is 29.8 Å². The molecule has 0 heterocycles. The molecule has 1 atom stereocenters. The Morgan fingerprint density at radius 1 is 1.50 bits per heavy atom. The van der Waals surface area contributed by atoms with Crippen LogP contribution >= 0.6 is 0 Å². The molecular weight excluding hydrogens is 180 g/mol. The summed E-state index contributed by atoms with van der Waals surface area (Å²) in [5.41, 5.74) is 0.884. The van der Waals surface area contributed by atoms with Gasteiger partial charge in [0.25, 0.3) is 0 Å². The highest BCUT2D eigenvalue weighted by Gasteiger charge is 2.13. The Kier molecular flexibility index (Phi) is 3.51. The molecule has 76 valence electrons. The molecule has 0 unspecified atom stereocenters. The first kappa shape index (κ1) is 10.6. The zero-order valence-corrected chi connectivity index (χ0v) is 8.10. The summed E-state index contributed by atoms with van der Waals surface area (Å²) >= 11 is 0. The van der Waals surface area contributed by atoms with Gasteiger partial charge in [-0.1, -0.05) is 19.1 Å². The van der Waals surface area contributed by atoms with Gasteiger partial charge in [-0.2, -0.15) is 0 Å². The van der Waals surface area contributed by atoms with Gasteiger partial charge in [-0.25, -0.2) is 0 Å². The minimum atomic E-state index is -0.805. The largest absolute Gasteiger partial charge is 0.508 e. The van der Waals surface area contributed by atoms with Crippen molar-refractivity contribution in [3.63, 3.8) is 0 Å². The maximum atomic E-state index is 10.6. The van der Waals surface area contributed by atoms with E-state index in [1.165, 1.54) is 0 Å². The maximum Gasteiger partial charge on any atom is 0.303 e. The van der Waals surface area contributed by atoms with E-state index in [1.807, 2.05) is 13.0 Å². The molecule has 0 aliphatic rings. The zero-order chi connectivity index (χ0) is 10.6. The number of hydrogen-bond acceptors (Lipinski definition) is 2. The van der Waals surface area contributed by atoms with Crippen molar-refractivity contribution in [3.8, 4) is 5.75 Å². The molecule has 2 N–H and O–H groups in total. The molecule has 0 aliphatic heterocycles. The van der Waals surface area contributed by atoms with Gasteiger partial charge < -0.3 is 10.2 Å². The summed E-state index contributed by atoms with van der Waals surface area (Å²) in [6.07, 6.45) is 0.871. The molecule has 1 rings (SSSR count). The van der Waals surface area contributed by atoms with Crippen molar-refractivity contribution in [1.82, 2.24) is 0 Å². The number of phenols is 1. The second kappa shape index (κ2) is 4.65. The molecule has 3 nitrogen and oxygen atoms in total. The Labute approximate surface area is 83.0 Å². The maximum absolute atomic E-state index is 10.6. The van der Waals surface area contributed by atoms with Crippen molar-refractivity contribution in [2.45, 2.75) is 25.7 Å². The molecule has 0 aliphatic carbocycles. The van der Waals surface area contributed by atoms with Gasteiger partial charge in [-0.3, -0.25) is 4.79 Å². The highest BCUT2D eigenvalue weighted by molar-refractivity contribution is 5.68. The van der Waals surface area contributed by atoms with E-state index < -0.39 is 5.97 Å². The van der Waals surface area contributed by atoms with Crippen LogP contribution in [0.5, 0.6) is 5.75 Å². The van der Waals surface area contributed by atoms with Crippen LogP contribution in [0.25, 0.3) is 0 Å². The van der Waals surface area contributed by atoms with Gasteiger partial charge in [-0.05, 0) is 30.0 Å². The number of carboxylic acids is 1. The number of hydrogen-bond donors (Lipinski definition) is 2.